The summed E-state index contributed by atoms with van der Waals surface area (Å²) in [6.45, 7) is 4.00. The molecular formula is C10H13F3O. The molecule has 4 heteroatoms. The molecular weight excluding hydrogens is 193 g/mol. The summed E-state index contributed by atoms with van der Waals surface area (Å²) < 4.78 is 38.7. The highest BCUT2D eigenvalue weighted by Crippen LogP contribution is 2.20. The third-order valence-electron chi connectivity index (χ3n) is 1.20. The molecule has 0 spiro atoms. The Morgan fingerprint density at radius 3 is 1.71 bits per heavy atom. The van der Waals surface area contributed by atoms with Gasteiger partial charge in [-0.2, -0.15) is 0 Å². The van der Waals surface area contributed by atoms with E-state index in [9.17, 15) is 13.2 Å². The molecule has 0 radical (unpaired) electrons. The highest BCUT2D eigenvalue weighted by atomic mass is 19.4. The number of hydrogen-bond donors (Lipinski definition) is 0. The molecule has 0 aromatic carbocycles. The second-order valence-corrected chi connectivity index (χ2v) is 2.18. The summed E-state index contributed by atoms with van der Waals surface area (Å²) in [7, 11) is 0. The highest BCUT2D eigenvalue weighted by Gasteiger charge is 2.31. The Balaban J connectivity index is 0.000000791. The average molecular weight is 206 g/mol. The van der Waals surface area contributed by atoms with E-state index >= 15 is 0 Å². The molecule has 0 aromatic rings. The molecule has 0 fully saturated rings. The van der Waals surface area contributed by atoms with Gasteiger partial charge in [0.1, 0.15) is 6.10 Å². The maximum atomic E-state index is 11.7. The van der Waals surface area contributed by atoms with Crippen molar-refractivity contribution in [2.24, 2.45) is 0 Å². The number of allylic oxidation sites excluding steroid dienone is 4. The fraction of sp³-hybridized carbons (Fsp3) is 0.400. The minimum absolute atomic E-state index is 1.01. The maximum absolute atomic E-state index is 11.7. The fourth-order valence-electron chi connectivity index (χ4n) is 0.773. The topological polar surface area (TPSA) is 9.23 Å². The van der Waals surface area contributed by atoms with Gasteiger partial charge in [0.2, 0.25) is 0 Å². The summed E-state index contributed by atoms with van der Waals surface area (Å²) in [6.07, 6.45) is 3.35. The minimum atomic E-state index is -4.58. The van der Waals surface area contributed by atoms with Crippen LogP contribution in [0.1, 0.15) is 13.8 Å². The van der Waals surface area contributed by atoms with E-state index in [1.165, 1.54) is 24.3 Å². The standard InChI is InChI=1S/C8H7F3O.C2H6/c9-8(10,11)12-7-5-3-1-2-4-6-7;1-2/h1-7H;1-2H3. The maximum Gasteiger partial charge on any atom is 0.523 e. The van der Waals surface area contributed by atoms with E-state index in [1.54, 1.807) is 12.2 Å². The lowest BCUT2D eigenvalue weighted by molar-refractivity contribution is -0.330. The van der Waals surface area contributed by atoms with E-state index in [-0.39, 0.29) is 0 Å². The summed E-state index contributed by atoms with van der Waals surface area (Å²) in [5.74, 6) is 0. The molecule has 0 aliphatic heterocycles. The zero-order valence-corrected chi connectivity index (χ0v) is 8.08. The van der Waals surface area contributed by atoms with Gasteiger partial charge in [-0.05, 0) is 0 Å². The van der Waals surface area contributed by atoms with Crippen molar-refractivity contribution in [2.75, 3.05) is 0 Å². The van der Waals surface area contributed by atoms with Gasteiger partial charge in [-0.25, -0.2) is 0 Å². The normalized spacial score (nSPS) is 16.1. The van der Waals surface area contributed by atoms with Crippen LogP contribution in [0.5, 0.6) is 0 Å². The Morgan fingerprint density at radius 1 is 0.929 bits per heavy atom. The predicted octanol–water partition coefficient (Wildman–Crippen LogP) is 3.60. The van der Waals surface area contributed by atoms with Crippen LogP contribution < -0.4 is 0 Å². The second kappa shape index (κ2) is 6.43. The number of hydrogen-bond acceptors (Lipinski definition) is 1. The first-order valence-corrected chi connectivity index (χ1v) is 4.34. The van der Waals surface area contributed by atoms with Crippen molar-refractivity contribution in [3.8, 4) is 0 Å². The summed E-state index contributed by atoms with van der Waals surface area (Å²) >= 11 is 0. The van der Waals surface area contributed by atoms with Gasteiger partial charge in [0.15, 0.2) is 0 Å². The lowest BCUT2D eigenvalue weighted by Gasteiger charge is -2.11. The summed E-state index contributed by atoms with van der Waals surface area (Å²) in [5.41, 5.74) is 0. The Kier molecular flexibility index (Phi) is 5.95. The van der Waals surface area contributed by atoms with E-state index in [2.05, 4.69) is 4.74 Å². The number of rotatable bonds is 1. The molecule has 14 heavy (non-hydrogen) atoms. The molecule has 0 aromatic heterocycles. The average Bonchev–Trinajstić information content (AvgIpc) is 2.34. The van der Waals surface area contributed by atoms with Gasteiger partial charge in [0, 0.05) is 0 Å². The molecule has 80 valence electrons. The Bertz CT molecular complexity index is 210. The van der Waals surface area contributed by atoms with Crippen molar-refractivity contribution in [1.82, 2.24) is 0 Å². The Morgan fingerprint density at radius 2 is 1.36 bits per heavy atom. The zero-order chi connectivity index (χ0) is 11.0. The van der Waals surface area contributed by atoms with Crippen molar-refractivity contribution in [2.45, 2.75) is 26.3 Å². The number of halogens is 3. The first-order valence-electron chi connectivity index (χ1n) is 4.34. The van der Waals surface area contributed by atoms with Crippen molar-refractivity contribution >= 4 is 0 Å². The molecule has 1 nitrogen and oxygen atoms in total. The Hall–Kier alpha value is -1.03. The molecule has 0 saturated carbocycles. The van der Waals surface area contributed by atoms with Gasteiger partial charge in [0.05, 0.1) is 0 Å². The van der Waals surface area contributed by atoms with Gasteiger partial charge in [-0.15, -0.1) is 13.2 Å². The van der Waals surface area contributed by atoms with Gasteiger partial charge < -0.3 is 0 Å². The lowest BCUT2D eigenvalue weighted by Crippen LogP contribution is -2.20. The van der Waals surface area contributed by atoms with E-state index in [0.29, 0.717) is 0 Å². The predicted molar refractivity (Wildman–Crippen MR) is 49.7 cm³/mol. The SMILES string of the molecule is CC.FC(F)(F)OC1C=CC=CC=C1. The first-order chi connectivity index (χ1) is 6.58. The fourth-order valence-corrected chi connectivity index (χ4v) is 0.773. The van der Waals surface area contributed by atoms with Gasteiger partial charge in [-0.3, -0.25) is 4.74 Å². The summed E-state index contributed by atoms with van der Waals surface area (Å²) in [4.78, 5) is 0. The van der Waals surface area contributed by atoms with Crippen LogP contribution in [0, 0.1) is 0 Å². The molecule has 0 bridgehead atoms. The van der Waals surface area contributed by atoms with Crippen LogP contribution in [0.2, 0.25) is 0 Å². The van der Waals surface area contributed by atoms with Crippen molar-refractivity contribution in [3.05, 3.63) is 36.5 Å². The van der Waals surface area contributed by atoms with Crippen molar-refractivity contribution in [1.29, 1.82) is 0 Å². The number of alkyl halides is 3. The quantitative estimate of drug-likeness (QED) is 0.637. The largest absolute Gasteiger partial charge is 0.523 e. The van der Waals surface area contributed by atoms with E-state index in [4.69, 9.17) is 0 Å². The second-order valence-electron chi connectivity index (χ2n) is 2.18. The first kappa shape index (κ1) is 13.0. The molecule has 1 aliphatic rings. The molecule has 1 rings (SSSR count). The zero-order valence-electron chi connectivity index (χ0n) is 8.08. The molecule has 1 aliphatic carbocycles. The van der Waals surface area contributed by atoms with Gasteiger partial charge in [0.25, 0.3) is 0 Å². The highest BCUT2D eigenvalue weighted by molar-refractivity contribution is 5.20. The van der Waals surface area contributed by atoms with Crippen LogP contribution in [0.15, 0.2) is 36.5 Å². The lowest BCUT2D eigenvalue weighted by atomic mass is 10.3. The molecule has 0 amide bonds. The van der Waals surface area contributed by atoms with Crippen LogP contribution in [0.3, 0.4) is 0 Å². The molecule has 0 unspecified atom stereocenters. The summed E-state index contributed by atoms with van der Waals surface area (Å²) in [6, 6.07) is 0. The monoisotopic (exact) mass is 206 g/mol. The van der Waals surface area contributed by atoms with Gasteiger partial charge in [-0.1, -0.05) is 50.3 Å². The molecule has 0 heterocycles. The smallest absolute Gasteiger partial charge is 0.280 e. The van der Waals surface area contributed by atoms with Crippen LogP contribution >= 0.6 is 0 Å². The Labute approximate surface area is 81.6 Å². The van der Waals surface area contributed by atoms with E-state index in [1.807, 2.05) is 13.8 Å². The van der Waals surface area contributed by atoms with Crippen LogP contribution in [-0.4, -0.2) is 12.5 Å². The van der Waals surface area contributed by atoms with Crippen molar-refractivity contribution < 1.29 is 17.9 Å². The van der Waals surface area contributed by atoms with Crippen LogP contribution in [0.4, 0.5) is 13.2 Å². The van der Waals surface area contributed by atoms with Crippen LogP contribution in [0.25, 0.3) is 0 Å². The van der Waals surface area contributed by atoms with E-state index < -0.39 is 12.5 Å². The molecule has 0 saturated heterocycles. The van der Waals surface area contributed by atoms with Crippen molar-refractivity contribution in [3.63, 3.8) is 0 Å². The number of ether oxygens (including phenoxy) is 1. The van der Waals surface area contributed by atoms with E-state index in [0.717, 1.165) is 0 Å². The third kappa shape index (κ3) is 6.48. The van der Waals surface area contributed by atoms with Crippen LogP contribution in [-0.2, 0) is 4.74 Å². The summed E-state index contributed by atoms with van der Waals surface area (Å²) in [5, 5.41) is 0. The third-order valence-corrected chi connectivity index (χ3v) is 1.20. The molecule has 0 N–H and O–H groups in total. The minimum Gasteiger partial charge on any atom is -0.280 e. The molecule has 0 atom stereocenters. The van der Waals surface area contributed by atoms with Gasteiger partial charge >= 0.3 is 6.36 Å².